The van der Waals surface area contributed by atoms with Gasteiger partial charge in [-0.1, -0.05) is 78.9 Å². The number of benzene rings is 4. The minimum atomic E-state index is -0.991. The van der Waals surface area contributed by atoms with Crippen LogP contribution in [0.25, 0.3) is 11.1 Å². The van der Waals surface area contributed by atoms with Gasteiger partial charge in [-0.15, -0.1) is 0 Å². The SMILES string of the molecule is COC(=O)Nc1ccc(NC(=O)[C@@H](NC(=O)OCC2c3ccccc3-c3ccccc32)c2ccccc2)cc1. The maximum absolute atomic E-state index is 13.3. The second kappa shape index (κ2) is 11.5. The highest BCUT2D eigenvalue weighted by atomic mass is 16.5. The summed E-state index contributed by atoms with van der Waals surface area (Å²) in [5, 5.41) is 8.08. The van der Waals surface area contributed by atoms with Crippen LogP contribution in [0.1, 0.15) is 28.7 Å². The van der Waals surface area contributed by atoms with Gasteiger partial charge in [0, 0.05) is 17.3 Å². The number of hydrogen-bond acceptors (Lipinski definition) is 5. The summed E-state index contributed by atoms with van der Waals surface area (Å²) in [5.74, 6) is -0.535. The summed E-state index contributed by atoms with van der Waals surface area (Å²) < 4.78 is 10.3. The average molecular weight is 522 g/mol. The Bertz CT molecular complexity index is 1440. The van der Waals surface area contributed by atoms with Gasteiger partial charge in [0.1, 0.15) is 12.6 Å². The lowest BCUT2D eigenvalue weighted by atomic mass is 9.98. The molecule has 0 radical (unpaired) electrons. The molecule has 0 unspecified atom stereocenters. The number of carbonyl (C=O) groups excluding carboxylic acids is 3. The first kappa shape index (κ1) is 25.5. The maximum Gasteiger partial charge on any atom is 0.411 e. The van der Waals surface area contributed by atoms with E-state index in [1.165, 1.54) is 7.11 Å². The van der Waals surface area contributed by atoms with E-state index in [1.54, 1.807) is 48.5 Å². The Hall–Kier alpha value is -5.11. The summed E-state index contributed by atoms with van der Waals surface area (Å²) in [7, 11) is 1.28. The summed E-state index contributed by atoms with van der Waals surface area (Å²) >= 11 is 0. The number of hydrogen-bond donors (Lipinski definition) is 3. The van der Waals surface area contributed by atoms with Crippen LogP contribution in [0, 0.1) is 0 Å². The molecule has 39 heavy (non-hydrogen) atoms. The minimum Gasteiger partial charge on any atom is -0.453 e. The van der Waals surface area contributed by atoms with Crippen molar-refractivity contribution in [2.45, 2.75) is 12.0 Å². The Morgan fingerprint density at radius 2 is 1.23 bits per heavy atom. The molecule has 4 aromatic rings. The van der Waals surface area contributed by atoms with Crippen LogP contribution in [0.3, 0.4) is 0 Å². The summed E-state index contributed by atoms with van der Waals surface area (Å²) in [6.45, 7) is 0.137. The molecule has 4 aromatic carbocycles. The Morgan fingerprint density at radius 3 is 1.82 bits per heavy atom. The molecule has 0 saturated heterocycles. The Balaban J connectivity index is 1.27. The molecule has 0 saturated carbocycles. The van der Waals surface area contributed by atoms with Crippen molar-refractivity contribution in [1.29, 1.82) is 0 Å². The van der Waals surface area contributed by atoms with E-state index in [1.807, 2.05) is 42.5 Å². The van der Waals surface area contributed by atoms with Crippen molar-refractivity contribution >= 4 is 29.5 Å². The average Bonchev–Trinajstić information content (AvgIpc) is 3.29. The smallest absolute Gasteiger partial charge is 0.411 e. The Labute approximate surface area is 226 Å². The third-order valence-corrected chi connectivity index (χ3v) is 6.59. The predicted molar refractivity (Wildman–Crippen MR) is 148 cm³/mol. The third-order valence-electron chi connectivity index (χ3n) is 6.59. The number of methoxy groups -OCH3 is 1. The van der Waals surface area contributed by atoms with E-state index in [2.05, 4.69) is 32.8 Å². The normalized spacial score (nSPS) is 12.4. The molecule has 0 bridgehead atoms. The molecule has 0 aromatic heterocycles. The number of ether oxygens (including phenoxy) is 2. The molecule has 0 spiro atoms. The van der Waals surface area contributed by atoms with Crippen LogP contribution in [0.2, 0.25) is 0 Å². The first-order valence-electron chi connectivity index (χ1n) is 12.5. The van der Waals surface area contributed by atoms with E-state index in [-0.39, 0.29) is 12.5 Å². The van der Waals surface area contributed by atoms with E-state index < -0.39 is 24.1 Å². The summed E-state index contributed by atoms with van der Waals surface area (Å²) in [6.07, 6.45) is -1.29. The van der Waals surface area contributed by atoms with Gasteiger partial charge in [0.15, 0.2) is 0 Å². The highest BCUT2D eigenvalue weighted by Gasteiger charge is 2.30. The van der Waals surface area contributed by atoms with Crippen molar-refractivity contribution in [3.8, 4) is 11.1 Å². The number of alkyl carbamates (subject to hydrolysis) is 1. The van der Waals surface area contributed by atoms with Crippen LogP contribution in [-0.4, -0.2) is 31.8 Å². The molecule has 1 aliphatic rings. The van der Waals surface area contributed by atoms with Crippen molar-refractivity contribution in [3.63, 3.8) is 0 Å². The molecule has 196 valence electrons. The van der Waals surface area contributed by atoms with Crippen LogP contribution >= 0.6 is 0 Å². The second-order valence-corrected chi connectivity index (χ2v) is 9.00. The van der Waals surface area contributed by atoms with E-state index in [9.17, 15) is 14.4 Å². The topological polar surface area (TPSA) is 106 Å². The molecule has 8 nitrogen and oxygen atoms in total. The van der Waals surface area contributed by atoms with Crippen LogP contribution < -0.4 is 16.0 Å². The van der Waals surface area contributed by atoms with Crippen molar-refractivity contribution in [2.75, 3.05) is 24.4 Å². The van der Waals surface area contributed by atoms with E-state index in [0.29, 0.717) is 16.9 Å². The Kier molecular flexibility index (Phi) is 7.54. The van der Waals surface area contributed by atoms with E-state index >= 15 is 0 Å². The zero-order valence-corrected chi connectivity index (χ0v) is 21.2. The van der Waals surface area contributed by atoms with E-state index in [4.69, 9.17) is 4.74 Å². The van der Waals surface area contributed by atoms with Crippen molar-refractivity contribution < 1.29 is 23.9 Å². The lowest BCUT2D eigenvalue weighted by Gasteiger charge is -2.20. The first-order chi connectivity index (χ1) is 19.0. The van der Waals surface area contributed by atoms with Crippen molar-refractivity contribution in [1.82, 2.24) is 5.32 Å². The van der Waals surface area contributed by atoms with Gasteiger partial charge in [-0.05, 0) is 52.1 Å². The van der Waals surface area contributed by atoms with Gasteiger partial charge in [-0.25, -0.2) is 9.59 Å². The maximum atomic E-state index is 13.3. The number of rotatable bonds is 7. The molecule has 3 N–H and O–H groups in total. The standard InChI is InChI=1S/C31H27N3O5/c1-38-30(36)33-22-17-15-21(16-18-22)32-29(35)28(20-9-3-2-4-10-20)34-31(37)39-19-27-25-13-7-5-11-23(25)24-12-6-8-14-26(24)27/h2-18,27-28H,19H2,1H3,(H,32,35)(H,33,36)(H,34,37)/t28-/m0/s1. The molecule has 0 aliphatic heterocycles. The fraction of sp³-hybridized carbons (Fsp3) is 0.129. The molecule has 5 rings (SSSR count). The number of amides is 3. The van der Waals surface area contributed by atoms with Gasteiger partial charge in [-0.2, -0.15) is 0 Å². The van der Waals surface area contributed by atoms with Crippen LogP contribution in [0.4, 0.5) is 21.0 Å². The van der Waals surface area contributed by atoms with Crippen LogP contribution in [0.5, 0.6) is 0 Å². The summed E-state index contributed by atoms with van der Waals surface area (Å²) in [6, 6.07) is 30.7. The lowest BCUT2D eigenvalue weighted by Crippen LogP contribution is -2.37. The van der Waals surface area contributed by atoms with Crippen molar-refractivity contribution in [3.05, 3.63) is 120 Å². The van der Waals surface area contributed by atoms with Crippen LogP contribution in [0.15, 0.2) is 103 Å². The Morgan fingerprint density at radius 1 is 0.692 bits per heavy atom. The first-order valence-corrected chi connectivity index (χ1v) is 12.5. The van der Waals surface area contributed by atoms with Gasteiger partial charge in [0.05, 0.1) is 7.11 Å². The van der Waals surface area contributed by atoms with Crippen molar-refractivity contribution in [2.24, 2.45) is 0 Å². The van der Waals surface area contributed by atoms with E-state index in [0.717, 1.165) is 22.3 Å². The fourth-order valence-corrected chi connectivity index (χ4v) is 4.72. The highest BCUT2D eigenvalue weighted by molar-refractivity contribution is 5.97. The molecule has 1 aliphatic carbocycles. The third kappa shape index (κ3) is 5.75. The molecule has 8 heteroatoms. The fourth-order valence-electron chi connectivity index (χ4n) is 4.72. The van der Waals surface area contributed by atoms with Gasteiger partial charge >= 0.3 is 12.2 Å². The lowest BCUT2D eigenvalue weighted by molar-refractivity contribution is -0.118. The number of fused-ring (bicyclic) bond motifs is 3. The zero-order valence-electron chi connectivity index (χ0n) is 21.2. The van der Waals surface area contributed by atoms with Crippen LogP contribution in [-0.2, 0) is 14.3 Å². The van der Waals surface area contributed by atoms with Gasteiger partial charge in [0.2, 0.25) is 0 Å². The summed E-state index contributed by atoms with van der Waals surface area (Å²) in [5.41, 5.74) is 6.09. The molecular formula is C31H27N3O5. The molecule has 0 heterocycles. The summed E-state index contributed by atoms with van der Waals surface area (Å²) in [4.78, 5) is 37.6. The number of carbonyl (C=O) groups is 3. The number of anilines is 2. The van der Waals surface area contributed by atoms with Gasteiger partial charge in [0.25, 0.3) is 5.91 Å². The van der Waals surface area contributed by atoms with Gasteiger partial charge < -0.3 is 20.1 Å². The monoisotopic (exact) mass is 521 g/mol. The molecular weight excluding hydrogens is 494 g/mol. The highest BCUT2D eigenvalue weighted by Crippen LogP contribution is 2.44. The molecule has 1 atom stereocenters. The largest absolute Gasteiger partial charge is 0.453 e. The molecule has 0 fully saturated rings. The number of nitrogens with one attached hydrogen (secondary N) is 3. The second-order valence-electron chi connectivity index (χ2n) is 9.00. The molecule has 3 amide bonds. The zero-order chi connectivity index (χ0) is 27.2. The van der Waals surface area contributed by atoms with Gasteiger partial charge in [-0.3, -0.25) is 10.1 Å². The predicted octanol–water partition coefficient (Wildman–Crippen LogP) is 6.08. The quantitative estimate of drug-likeness (QED) is 0.273. The minimum absolute atomic E-state index is 0.0933.